The van der Waals surface area contributed by atoms with Crippen LogP contribution in [0.15, 0.2) is 0 Å². The topological polar surface area (TPSA) is 67.6 Å². The number of likely N-dealkylation sites (N-methyl/N-ethyl adjacent to an activating group) is 1. The Balaban J connectivity index is 1.87. The van der Waals surface area contributed by atoms with Crippen LogP contribution < -0.4 is 11.1 Å². The van der Waals surface area contributed by atoms with Gasteiger partial charge >= 0.3 is 0 Å². The van der Waals surface area contributed by atoms with Crippen molar-refractivity contribution in [2.75, 3.05) is 33.9 Å². The molecule has 116 valence electrons. The molecule has 5 nitrogen and oxygen atoms in total. The molecule has 1 aliphatic heterocycles. The molecular formula is C15H29N3O2. The van der Waals surface area contributed by atoms with E-state index in [0.717, 1.165) is 58.3 Å². The maximum absolute atomic E-state index is 11.8. The fraction of sp³-hybridized carbons (Fsp3) is 0.933. The van der Waals surface area contributed by atoms with Crippen molar-refractivity contribution in [3.8, 4) is 0 Å². The van der Waals surface area contributed by atoms with E-state index in [1.807, 2.05) is 7.05 Å². The summed E-state index contributed by atoms with van der Waals surface area (Å²) in [6.07, 6.45) is 6.35. The second-order valence-corrected chi connectivity index (χ2v) is 6.29. The Labute approximate surface area is 122 Å². The number of hydrogen-bond acceptors (Lipinski definition) is 4. The van der Waals surface area contributed by atoms with Crippen LogP contribution in [0.5, 0.6) is 0 Å². The molecule has 20 heavy (non-hydrogen) atoms. The highest BCUT2D eigenvalue weighted by atomic mass is 16.5. The van der Waals surface area contributed by atoms with Crippen molar-refractivity contribution in [3.05, 3.63) is 0 Å². The third-order valence-electron chi connectivity index (χ3n) is 5.35. The van der Waals surface area contributed by atoms with Crippen molar-refractivity contribution >= 4 is 5.91 Å². The molecule has 2 atom stereocenters. The van der Waals surface area contributed by atoms with Gasteiger partial charge in [0.2, 0.25) is 5.91 Å². The van der Waals surface area contributed by atoms with Crippen LogP contribution in [0, 0.1) is 5.92 Å². The van der Waals surface area contributed by atoms with Crippen LogP contribution in [0.3, 0.4) is 0 Å². The molecule has 0 spiro atoms. The van der Waals surface area contributed by atoms with Gasteiger partial charge in [0.25, 0.3) is 0 Å². The molecule has 0 aromatic heterocycles. The second kappa shape index (κ2) is 6.87. The summed E-state index contributed by atoms with van der Waals surface area (Å²) in [4.78, 5) is 14.3. The number of ether oxygens (including phenoxy) is 1. The first kappa shape index (κ1) is 15.7. The normalized spacial score (nSPS) is 31.9. The van der Waals surface area contributed by atoms with Crippen molar-refractivity contribution in [3.63, 3.8) is 0 Å². The number of nitrogens with one attached hydrogen (secondary N) is 1. The predicted molar refractivity (Wildman–Crippen MR) is 79.4 cm³/mol. The minimum absolute atomic E-state index is 0.184. The quantitative estimate of drug-likeness (QED) is 0.754. The van der Waals surface area contributed by atoms with Crippen LogP contribution in [0.1, 0.15) is 38.5 Å². The number of nitrogens with zero attached hydrogens (tertiary/aromatic N) is 1. The van der Waals surface area contributed by atoms with Crippen molar-refractivity contribution in [1.29, 1.82) is 0 Å². The molecule has 1 amide bonds. The van der Waals surface area contributed by atoms with Gasteiger partial charge in [-0.1, -0.05) is 6.42 Å². The van der Waals surface area contributed by atoms with Gasteiger partial charge in [0, 0.05) is 19.3 Å². The number of amides is 1. The molecule has 3 N–H and O–H groups in total. The molecule has 2 rings (SSSR count). The van der Waals surface area contributed by atoms with Crippen molar-refractivity contribution in [2.45, 2.75) is 50.1 Å². The molecule has 0 bridgehead atoms. The molecule has 1 aliphatic carbocycles. The molecule has 5 heteroatoms. The lowest BCUT2D eigenvalue weighted by atomic mass is 9.84. The van der Waals surface area contributed by atoms with Crippen molar-refractivity contribution < 1.29 is 9.53 Å². The fourth-order valence-corrected chi connectivity index (χ4v) is 3.91. The second-order valence-electron chi connectivity index (χ2n) is 6.29. The highest BCUT2D eigenvalue weighted by Gasteiger charge is 2.46. The summed E-state index contributed by atoms with van der Waals surface area (Å²) < 4.78 is 5.41. The average Bonchev–Trinajstić information content (AvgIpc) is 2.90. The average molecular weight is 283 g/mol. The summed E-state index contributed by atoms with van der Waals surface area (Å²) in [5, 5.41) is 3.22. The molecule has 1 saturated carbocycles. The third kappa shape index (κ3) is 3.15. The first-order valence-electron chi connectivity index (χ1n) is 7.87. The minimum Gasteiger partial charge on any atom is -0.381 e. The van der Waals surface area contributed by atoms with Gasteiger partial charge in [0.05, 0.1) is 0 Å². The Kier molecular flexibility index (Phi) is 5.41. The lowest BCUT2D eigenvalue weighted by molar-refractivity contribution is -0.125. The van der Waals surface area contributed by atoms with E-state index in [-0.39, 0.29) is 5.91 Å². The SMILES string of the molecule is CNC1(C(N)=O)CCCC1CCN(C)C1CCOCC1. The monoisotopic (exact) mass is 283 g/mol. The Hall–Kier alpha value is -0.650. The van der Waals surface area contributed by atoms with E-state index < -0.39 is 5.54 Å². The highest BCUT2D eigenvalue weighted by molar-refractivity contribution is 5.85. The summed E-state index contributed by atoms with van der Waals surface area (Å²) >= 11 is 0. The van der Waals surface area contributed by atoms with Gasteiger partial charge < -0.3 is 20.7 Å². The first-order valence-corrected chi connectivity index (χ1v) is 7.87. The van der Waals surface area contributed by atoms with Gasteiger partial charge in [-0.25, -0.2) is 0 Å². The fourth-order valence-electron chi connectivity index (χ4n) is 3.91. The van der Waals surface area contributed by atoms with Crippen molar-refractivity contribution in [1.82, 2.24) is 10.2 Å². The van der Waals surface area contributed by atoms with Gasteiger partial charge in [0.15, 0.2) is 0 Å². The van der Waals surface area contributed by atoms with Gasteiger partial charge in [-0.2, -0.15) is 0 Å². The minimum atomic E-state index is -0.476. The Morgan fingerprint density at radius 1 is 1.40 bits per heavy atom. The maximum Gasteiger partial charge on any atom is 0.238 e. The third-order valence-corrected chi connectivity index (χ3v) is 5.35. The Morgan fingerprint density at radius 3 is 2.70 bits per heavy atom. The largest absolute Gasteiger partial charge is 0.381 e. The maximum atomic E-state index is 11.8. The Bertz CT molecular complexity index is 331. The van der Waals surface area contributed by atoms with E-state index in [4.69, 9.17) is 10.5 Å². The zero-order chi connectivity index (χ0) is 14.6. The van der Waals surface area contributed by atoms with Crippen LogP contribution >= 0.6 is 0 Å². The zero-order valence-electron chi connectivity index (χ0n) is 12.9. The van der Waals surface area contributed by atoms with Crippen LogP contribution in [-0.2, 0) is 9.53 Å². The molecule has 1 heterocycles. The van der Waals surface area contributed by atoms with Gasteiger partial charge in [-0.05, 0) is 58.7 Å². The summed E-state index contributed by atoms with van der Waals surface area (Å²) in [6, 6.07) is 0.628. The molecule has 2 fully saturated rings. The number of rotatable bonds is 6. The highest BCUT2D eigenvalue weighted by Crippen LogP contribution is 2.37. The molecule has 0 radical (unpaired) electrons. The zero-order valence-corrected chi connectivity index (χ0v) is 12.9. The van der Waals surface area contributed by atoms with Gasteiger partial charge in [-0.15, -0.1) is 0 Å². The lowest BCUT2D eigenvalue weighted by Crippen LogP contribution is -2.57. The summed E-state index contributed by atoms with van der Waals surface area (Å²) in [7, 11) is 4.06. The van der Waals surface area contributed by atoms with E-state index in [9.17, 15) is 4.79 Å². The summed E-state index contributed by atoms with van der Waals surface area (Å²) in [5.74, 6) is 0.184. The standard InChI is InChI=1S/C15H29N3O2/c1-17-15(14(16)19)8-3-4-12(15)5-9-18(2)13-6-10-20-11-7-13/h12-13,17H,3-11H2,1-2H3,(H2,16,19). The van der Waals surface area contributed by atoms with Gasteiger partial charge in [0.1, 0.15) is 5.54 Å². The molecular weight excluding hydrogens is 254 g/mol. The van der Waals surface area contributed by atoms with E-state index in [1.165, 1.54) is 0 Å². The number of carbonyl (C=O) groups excluding carboxylic acids is 1. The molecule has 2 unspecified atom stereocenters. The van der Waals surface area contributed by atoms with E-state index >= 15 is 0 Å². The van der Waals surface area contributed by atoms with Gasteiger partial charge in [-0.3, -0.25) is 4.79 Å². The van der Waals surface area contributed by atoms with Crippen LogP contribution in [0.25, 0.3) is 0 Å². The molecule has 2 aliphatic rings. The van der Waals surface area contributed by atoms with Crippen LogP contribution in [-0.4, -0.2) is 56.2 Å². The number of hydrogen-bond donors (Lipinski definition) is 2. The van der Waals surface area contributed by atoms with Crippen molar-refractivity contribution in [2.24, 2.45) is 11.7 Å². The number of primary amides is 1. The number of nitrogens with two attached hydrogens (primary N) is 1. The Morgan fingerprint density at radius 2 is 2.10 bits per heavy atom. The van der Waals surface area contributed by atoms with E-state index in [2.05, 4.69) is 17.3 Å². The van der Waals surface area contributed by atoms with E-state index in [1.54, 1.807) is 0 Å². The van der Waals surface area contributed by atoms with Crippen LogP contribution in [0.4, 0.5) is 0 Å². The smallest absolute Gasteiger partial charge is 0.238 e. The van der Waals surface area contributed by atoms with E-state index in [0.29, 0.717) is 12.0 Å². The van der Waals surface area contributed by atoms with Crippen LogP contribution in [0.2, 0.25) is 0 Å². The predicted octanol–water partition coefficient (Wildman–Crippen LogP) is 0.731. The molecule has 0 aromatic carbocycles. The number of carbonyl (C=O) groups is 1. The molecule has 0 aromatic rings. The summed E-state index contributed by atoms with van der Waals surface area (Å²) in [6.45, 7) is 2.78. The lowest BCUT2D eigenvalue weighted by Gasteiger charge is -2.35. The molecule has 1 saturated heterocycles. The summed E-state index contributed by atoms with van der Waals surface area (Å²) in [5.41, 5.74) is 5.18. The first-order chi connectivity index (χ1) is 9.60.